The van der Waals surface area contributed by atoms with Gasteiger partial charge in [0.05, 0.1) is 5.69 Å². The smallest absolute Gasteiger partial charge is 0.0678 e. The van der Waals surface area contributed by atoms with Crippen molar-refractivity contribution in [3.63, 3.8) is 0 Å². The zero-order valence-electron chi connectivity index (χ0n) is 8.57. The van der Waals surface area contributed by atoms with Crippen LogP contribution in [0.1, 0.15) is 12.5 Å². The molecule has 0 aliphatic heterocycles. The van der Waals surface area contributed by atoms with Gasteiger partial charge in [-0.05, 0) is 23.6 Å². The van der Waals surface area contributed by atoms with Gasteiger partial charge < -0.3 is 0 Å². The third kappa shape index (κ3) is 1.55. The van der Waals surface area contributed by atoms with Gasteiger partial charge in [-0.1, -0.05) is 31.2 Å². The summed E-state index contributed by atoms with van der Waals surface area (Å²) in [6.07, 6.45) is 2.91. The molecule has 2 aromatic rings. The molecule has 0 amide bonds. The molecule has 1 heterocycles. The highest BCUT2D eigenvalue weighted by Crippen LogP contribution is 2.18. The zero-order chi connectivity index (χ0) is 9.97. The van der Waals surface area contributed by atoms with Crippen LogP contribution in [0.2, 0.25) is 0 Å². The van der Waals surface area contributed by atoms with E-state index in [-0.39, 0.29) is 0 Å². The Balaban J connectivity index is 2.39. The minimum atomic E-state index is 1.09. The van der Waals surface area contributed by atoms with Crippen molar-refractivity contribution in [2.24, 2.45) is 7.05 Å². The van der Waals surface area contributed by atoms with E-state index < -0.39 is 0 Å². The standard InChI is InChI=1S/C12H14N2/c1-3-10-4-6-11(7-5-10)12-8-9-13-14(12)2/h4-9H,3H2,1-2H3. The second-order valence-electron chi connectivity index (χ2n) is 3.39. The average Bonchev–Trinajstić information content (AvgIpc) is 2.65. The van der Waals surface area contributed by atoms with Crippen LogP contribution in [0.4, 0.5) is 0 Å². The van der Waals surface area contributed by atoms with Crippen molar-refractivity contribution in [3.05, 3.63) is 42.1 Å². The van der Waals surface area contributed by atoms with Gasteiger partial charge in [0.25, 0.3) is 0 Å². The highest BCUT2D eigenvalue weighted by Gasteiger charge is 2.00. The molecule has 72 valence electrons. The van der Waals surface area contributed by atoms with Gasteiger partial charge in [0.2, 0.25) is 0 Å². The molecule has 0 atom stereocenters. The quantitative estimate of drug-likeness (QED) is 0.705. The van der Waals surface area contributed by atoms with Gasteiger partial charge in [0.15, 0.2) is 0 Å². The van der Waals surface area contributed by atoms with Gasteiger partial charge in [0.1, 0.15) is 0 Å². The molecule has 0 radical (unpaired) electrons. The maximum Gasteiger partial charge on any atom is 0.0678 e. The Bertz CT molecular complexity index is 412. The average molecular weight is 186 g/mol. The second-order valence-corrected chi connectivity index (χ2v) is 3.39. The summed E-state index contributed by atoms with van der Waals surface area (Å²) in [6.45, 7) is 2.17. The number of aromatic nitrogens is 2. The maximum atomic E-state index is 4.15. The van der Waals surface area contributed by atoms with Crippen molar-refractivity contribution in [2.45, 2.75) is 13.3 Å². The number of hydrogen-bond acceptors (Lipinski definition) is 1. The topological polar surface area (TPSA) is 17.8 Å². The Morgan fingerprint density at radius 2 is 1.86 bits per heavy atom. The molecule has 0 fully saturated rings. The Labute approximate surface area is 84.2 Å². The molecule has 0 unspecified atom stereocenters. The molecule has 0 N–H and O–H groups in total. The van der Waals surface area contributed by atoms with Crippen molar-refractivity contribution in [3.8, 4) is 11.3 Å². The van der Waals surface area contributed by atoms with Gasteiger partial charge in [-0.25, -0.2) is 0 Å². The van der Waals surface area contributed by atoms with Gasteiger partial charge >= 0.3 is 0 Å². The lowest BCUT2D eigenvalue weighted by molar-refractivity contribution is 0.776. The summed E-state index contributed by atoms with van der Waals surface area (Å²) in [5.41, 5.74) is 3.76. The summed E-state index contributed by atoms with van der Waals surface area (Å²) < 4.78 is 1.89. The first-order valence-corrected chi connectivity index (χ1v) is 4.88. The van der Waals surface area contributed by atoms with E-state index in [1.807, 2.05) is 24.0 Å². The predicted octanol–water partition coefficient (Wildman–Crippen LogP) is 2.65. The Morgan fingerprint density at radius 3 is 2.36 bits per heavy atom. The minimum absolute atomic E-state index is 1.09. The molecule has 1 aromatic carbocycles. The van der Waals surface area contributed by atoms with E-state index in [1.165, 1.54) is 11.1 Å². The normalized spacial score (nSPS) is 10.4. The highest BCUT2D eigenvalue weighted by atomic mass is 15.2. The van der Waals surface area contributed by atoms with E-state index in [2.05, 4.69) is 36.3 Å². The number of nitrogens with zero attached hydrogens (tertiary/aromatic N) is 2. The molecule has 14 heavy (non-hydrogen) atoms. The monoisotopic (exact) mass is 186 g/mol. The van der Waals surface area contributed by atoms with Crippen LogP contribution in [0.15, 0.2) is 36.5 Å². The first-order chi connectivity index (χ1) is 6.81. The van der Waals surface area contributed by atoms with Gasteiger partial charge in [-0.2, -0.15) is 5.10 Å². The van der Waals surface area contributed by atoms with Crippen molar-refractivity contribution in [2.75, 3.05) is 0 Å². The summed E-state index contributed by atoms with van der Waals surface area (Å²) in [5.74, 6) is 0. The zero-order valence-corrected chi connectivity index (χ0v) is 8.57. The Morgan fingerprint density at radius 1 is 1.14 bits per heavy atom. The van der Waals surface area contributed by atoms with E-state index in [1.54, 1.807) is 0 Å². The van der Waals surface area contributed by atoms with Gasteiger partial charge in [-0.3, -0.25) is 4.68 Å². The molecule has 0 aliphatic rings. The predicted molar refractivity (Wildman–Crippen MR) is 58.0 cm³/mol. The molecular weight excluding hydrogens is 172 g/mol. The minimum Gasteiger partial charge on any atom is -0.268 e. The fourth-order valence-electron chi connectivity index (χ4n) is 1.57. The molecule has 0 aliphatic carbocycles. The molecular formula is C12H14N2. The summed E-state index contributed by atoms with van der Waals surface area (Å²) in [5, 5.41) is 4.15. The molecule has 1 aromatic heterocycles. The van der Waals surface area contributed by atoms with Crippen molar-refractivity contribution >= 4 is 0 Å². The Kier molecular flexibility index (Phi) is 2.35. The maximum absolute atomic E-state index is 4.15. The van der Waals surface area contributed by atoms with Crippen LogP contribution >= 0.6 is 0 Å². The van der Waals surface area contributed by atoms with E-state index >= 15 is 0 Å². The van der Waals surface area contributed by atoms with Crippen LogP contribution < -0.4 is 0 Å². The lowest BCUT2D eigenvalue weighted by Gasteiger charge is -2.02. The number of hydrogen-bond donors (Lipinski definition) is 0. The third-order valence-electron chi connectivity index (χ3n) is 2.48. The molecule has 0 saturated heterocycles. The lowest BCUT2D eigenvalue weighted by atomic mass is 10.1. The van der Waals surface area contributed by atoms with Crippen LogP contribution in [0.25, 0.3) is 11.3 Å². The fourth-order valence-corrected chi connectivity index (χ4v) is 1.57. The molecule has 0 spiro atoms. The lowest BCUT2D eigenvalue weighted by Crippen LogP contribution is -1.93. The van der Waals surface area contributed by atoms with E-state index in [4.69, 9.17) is 0 Å². The second kappa shape index (κ2) is 3.66. The summed E-state index contributed by atoms with van der Waals surface area (Å²) in [6, 6.07) is 10.7. The summed E-state index contributed by atoms with van der Waals surface area (Å²) in [4.78, 5) is 0. The van der Waals surface area contributed by atoms with E-state index in [0.29, 0.717) is 0 Å². The molecule has 2 heteroatoms. The number of rotatable bonds is 2. The van der Waals surface area contributed by atoms with Crippen LogP contribution in [0, 0.1) is 0 Å². The molecule has 2 nitrogen and oxygen atoms in total. The number of aryl methyl sites for hydroxylation is 2. The first-order valence-electron chi connectivity index (χ1n) is 4.88. The van der Waals surface area contributed by atoms with Crippen molar-refractivity contribution in [1.29, 1.82) is 0 Å². The molecule has 2 rings (SSSR count). The third-order valence-corrected chi connectivity index (χ3v) is 2.48. The van der Waals surface area contributed by atoms with Crippen LogP contribution in [0.5, 0.6) is 0 Å². The van der Waals surface area contributed by atoms with Crippen molar-refractivity contribution in [1.82, 2.24) is 9.78 Å². The van der Waals surface area contributed by atoms with E-state index in [0.717, 1.165) is 12.1 Å². The van der Waals surface area contributed by atoms with Crippen LogP contribution in [0.3, 0.4) is 0 Å². The Hall–Kier alpha value is -1.57. The first kappa shape index (κ1) is 9.00. The van der Waals surface area contributed by atoms with Crippen LogP contribution in [-0.2, 0) is 13.5 Å². The van der Waals surface area contributed by atoms with Crippen molar-refractivity contribution < 1.29 is 0 Å². The highest BCUT2D eigenvalue weighted by molar-refractivity contribution is 5.59. The largest absolute Gasteiger partial charge is 0.268 e. The number of benzene rings is 1. The fraction of sp³-hybridized carbons (Fsp3) is 0.250. The summed E-state index contributed by atoms with van der Waals surface area (Å²) >= 11 is 0. The summed E-state index contributed by atoms with van der Waals surface area (Å²) in [7, 11) is 1.96. The van der Waals surface area contributed by atoms with Gasteiger partial charge in [-0.15, -0.1) is 0 Å². The van der Waals surface area contributed by atoms with Gasteiger partial charge in [0, 0.05) is 13.2 Å². The molecule has 0 bridgehead atoms. The van der Waals surface area contributed by atoms with E-state index in [9.17, 15) is 0 Å². The van der Waals surface area contributed by atoms with Crippen LogP contribution in [-0.4, -0.2) is 9.78 Å². The SMILES string of the molecule is CCc1ccc(-c2ccnn2C)cc1. The molecule has 0 saturated carbocycles.